The third-order valence-electron chi connectivity index (χ3n) is 5.51. The molecule has 0 aliphatic carbocycles. The van der Waals surface area contributed by atoms with E-state index in [-0.39, 0.29) is 0 Å². The molecule has 0 aromatic rings. The zero-order valence-corrected chi connectivity index (χ0v) is 20.8. The maximum atomic E-state index is 2.35. The summed E-state index contributed by atoms with van der Waals surface area (Å²) in [6, 6.07) is 0. The third-order valence-corrected chi connectivity index (χ3v) is 11.2. The maximum absolute atomic E-state index is 2.35. The van der Waals surface area contributed by atoms with E-state index in [1.54, 1.807) is 37.0 Å². The van der Waals surface area contributed by atoms with Gasteiger partial charge in [0.1, 0.15) is 0 Å². The number of hydrogen-bond donors (Lipinski definition) is 0. The third kappa shape index (κ3) is 18.2. The normalized spacial score (nSPS) is 11.8. The van der Waals surface area contributed by atoms with Crippen LogP contribution in [0.2, 0.25) is 0 Å². The van der Waals surface area contributed by atoms with Crippen LogP contribution in [-0.2, 0) is 0 Å². The highest BCUT2D eigenvalue weighted by molar-refractivity contribution is 7.57. The molecule has 0 atom stereocenters. The van der Waals surface area contributed by atoms with Crippen molar-refractivity contribution >= 4 is 15.8 Å². The SMILES string of the molecule is CCCCP(CCCC)CCCCCCCCP(CCCC)CCCC. The zero-order chi connectivity index (χ0) is 19.3. The topological polar surface area (TPSA) is 0 Å². The molecule has 0 nitrogen and oxygen atoms in total. The Balaban J connectivity index is 3.64. The van der Waals surface area contributed by atoms with E-state index < -0.39 is 0 Å². The summed E-state index contributed by atoms with van der Waals surface area (Å²) in [5.74, 6) is 0. The van der Waals surface area contributed by atoms with Crippen LogP contribution in [0.5, 0.6) is 0 Å². The van der Waals surface area contributed by atoms with Gasteiger partial charge in [-0.2, -0.15) is 0 Å². The van der Waals surface area contributed by atoms with Crippen molar-refractivity contribution in [1.29, 1.82) is 0 Å². The Labute approximate surface area is 170 Å². The van der Waals surface area contributed by atoms with Crippen molar-refractivity contribution in [3.05, 3.63) is 0 Å². The van der Waals surface area contributed by atoms with Crippen LogP contribution in [0.4, 0.5) is 0 Å². The number of unbranched alkanes of at least 4 members (excludes halogenated alkanes) is 9. The molecule has 0 spiro atoms. The summed E-state index contributed by atoms with van der Waals surface area (Å²) >= 11 is 0. The lowest BCUT2D eigenvalue weighted by Gasteiger charge is -2.18. The van der Waals surface area contributed by atoms with Crippen LogP contribution in [0.15, 0.2) is 0 Å². The lowest BCUT2D eigenvalue weighted by Crippen LogP contribution is -1.97. The summed E-state index contributed by atoms with van der Waals surface area (Å²) < 4.78 is 0. The Hall–Kier alpha value is 0.860. The van der Waals surface area contributed by atoms with Gasteiger partial charge in [-0.05, 0) is 75.5 Å². The number of rotatable bonds is 21. The van der Waals surface area contributed by atoms with Gasteiger partial charge in [-0.1, -0.05) is 79.1 Å². The fourth-order valence-corrected chi connectivity index (χ4v) is 9.31. The highest BCUT2D eigenvalue weighted by Crippen LogP contribution is 2.40. The molecular formula is C24H52P2. The van der Waals surface area contributed by atoms with Gasteiger partial charge < -0.3 is 0 Å². The van der Waals surface area contributed by atoms with Crippen LogP contribution in [0, 0.1) is 0 Å². The summed E-state index contributed by atoms with van der Waals surface area (Å²) in [5, 5.41) is 0. The van der Waals surface area contributed by atoms with Crippen molar-refractivity contribution < 1.29 is 0 Å². The molecule has 0 aromatic carbocycles. The Bertz CT molecular complexity index is 213. The lowest BCUT2D eigenvalue weighted by molar-refractivity contribution is 0.626. The first-order valence-electron chi connectivity index (χ1n) is 12.2. The van der Waals surface area contributed by atoms with E-state index >= 15 is 0 Å². The van der Waals surface area contributed by atoms with E-state index in [0.717, 1.165) is 0 Å². The highest BCUT2D eigenvalue weighted by atomic mass is 31.1. The van der Waals surface area contributed by atoms with Crippen LogP contribution in [0.25, 0.3) is 0 Å². The van der Waals surface area contributed by atoms with Gasteiger partial charge in [0.2, 0.25) is 0 Å². The molecule has 0 N–H and O–H groups in total. The predicted octanol–water partition coefficient (Wildman–Crippen LogP) is 9.49. The van der Waals surface area contributed by atoms with Crippen molar-refractivity contribution in [2.45, 2.75) is 118 Å². The van der Waals surface area contributed by atoms with Gasteiger partial charge in [-0.25, -0.2) is 0 Å². The van der Waals surface area contributed by atoms with Crippen LogP contribution < -0.4 is 0 Å². The molecule has 0 saturated carbocycles. The molecule has 26 heavy (non-hydrogen) atoms. The Morgan fingerprint density at radius 3 is 0.808 bits per heavy atom. The minimum atomic E-state index is 0.382. The zero-order valence-electron chi connectivity index (χ0n) is 19.0. The fourth-order valence-electron chi connectivity index (χ4n) is 3.58. The van der Waals surface area contributed by atoms with Crippen LogP contribution in [0.3, 0.4) is 0 Å². The second-order valence-corrected chi connectivity index (χ2v) is 13.6. The molecule has 0 aliphatic heterocycles. The summed E-state index contributed by atoms with van der Waals surface area (Å²) in [7, 11) is 0.764. The molecule has 2 heteroatoms. The fraction of sp³-hybridized carbons (Fsp3) is 1.00. The van der Waals surface area contributed by atoms with Gasteiger partial charge in [0, 0.05) is 0 Å². The summed E-state index contributed by atoms with van der Waals surface area (Å²) in [6.45, 7) is 9.40. The van der Waals surface area contributed by atoms with E-state index in [1.807, 2.05) is 0 Å². The average Bonchev–Trinajstić information content (AvgIpc) is 2.66. The molecule has 0 amide bonds. The molecule has 0 saturated heterocycles. The van der Waals surface area contributed by atoms with Gasteiger partial charge in [-0.15, -0.1) is 15.8 Å². The Morgan fingerprint density at radius 2 is 0.538 bits per heavy atom. The molecule has 0 fully saturated rings. The second-order valence-electron chi connectivity index (χ2n) is 8.22. The predicted molar refractivity (Wildman–Crippen MR) is 130 cm³/mol. The Kier molecular flexibility index (Phi) is 22.9. The molecule has 0 unspecified atom stereocenters. The molecule has 0 aliphatic rings. The monoisotopic (exact) mass is 402 g/mol. The first kappa shape index (κ1) is 26.9. The highest BCUT2D eigenvalue weighted by Gasteiger charge is 2.08. The number of hydrogen-bond acceptors (Lipinski definition) is 0. The van der Waals surface area contributed by atoms with Crippen LogP contribution >= 0.6 is 15.8 Å². The molecular weight excluding hydrogens is 350 g/mol. The molecule has 0 heterocycles. The van der Waals surface area contributed by atoms with Crippen LogP contribution in [0.1, 0.15) is 118 Å². The van der Waals surface area contributed by atoms with Gasteiger partial charge in [-0.3, -0.25) is 0 Å². The smallest absolute Gasteiger partial charge is 0.0326 e. The maximum Gasteiger partial charge on any atom is -0.0326 e. The van der Waals surface area contributed by atoms with Crippen molar-refractivity contribution in [3.8, 4) is 0 Å². The average molecular weight is 403 g/mol. The van der Waals surface area contributed by atoms with Crippen LogP contribution in [-0.4, -0.2) is 37.0 Å². The molecule has 0 rings (SSSR count). The standard InChI is InChI=1S/C24H52P2/c1-5-9-19-25(20-10-6-2)23-17-15-13-14-16-18-24-26(21-11-7-3)22-12-8-4/h5-24H2,1-4H3. The molecule has 0 bridgehead atoms. The quantitative estimate of drug-likeness (QED) is 0.132. The first-order valence-corrected chi connectivity index (χ1v) is 16.0. The van der Waals surface area contributed by atoms with Crippen molar-refractivity contribution in [2.24, 2.45) is 0 Å². The van der Waals surface area contributed by atoms with Gasteiger partial charge in [0.15, 0.2) is 0 Å². The largest absolute Gasteiger partial charge is 0.107 e. The minimum absolute atomic E-state index is 0.382. The Morgan fingerprint density at radius 1 is 0.308 bits per heavy atom. The van der Waals surface area contributed by atoms with Crippen molar-refractivity contribution in [2.75, 3.05) is 37.0 Å². The molecule has 158 valence electrons. The van der Waals surface area contributed by atoms with Gasteiger partial charge >= 0.3 is 0 Å². The lowest BCUT2D eigenvalue weighted by atomic mass is 10.1. The van der Waals surface area contributed by atoms with Crippen molar-refractivity contribution in [1.82, 2.24) is 0 Å². The van der Waals surface area contributed by atoms with E-state index in [0.29, 0.717) is 15.8 Å². The van der Waals surface area contributed by atoms with Crippen molar-refractivity contribution in [3.63, 3.8) is 0 Å². The summed E-state index contributed by atoms with van der Waals surface area (Å²) in [5.41, 5.74) is 0. The summed E-state index contributed by atoms with van der Waals surface area (Å²) in [6.07, 6.45) is 30.0. The molecule has 0 radical (unpaired) electrons. The van der Waals surface area contributed by atoms with Gasteiger partial charge in [0.05, 0.1) is 0 Å². The van der Waals surface area contributed by atoms with E-state index in [2.05, 4.69) is 27.7 Å². The van der Waals surface area contributed by atoms with Gasteiger partial charge in [0.25, 0.3) is 0 Å². The second kappa shape index (κ2) is 22.2. The van der Waals surface area contributed by atoms with E-state index in [4.69, 9.17) is 0 Å². The minimum Gasteiger partial charge on any atom is -0.107 e. The molecule has 0 aromatic heterocycles. The first-order chi connectivity index (χ1) is 12.8. The summed E-state index contributed by atoms with van der Waals surface area (Å²) in [4.78, 5) is 0. The van der Waals surface area contributed by atoms with E-state index in [1.165, 1.54) is 89.9 Å². The van der Waals surface area contributed by atoms with E-state index in [9.17, 15) is 0 Å².